The number of nitrogens with one attached hydrogen (secondary N) is 1. The highest BCUT2D eigenvalue weighted by Gasteiger charge is 2.43. The molecule has 1 aromatic rings. The van der Waals surface area contributed by atoms with Crippen LogP contribution in [0.5, 0.6) is 0 Å². The van der Waals surface area contributed by atoms with Gasteiger partial charge in [0.1, 0.15) is 5.54 Å². The maximum Gasteiger partial charge on any atom is 0.325 e. The predicted molar refractivity (Wildman–Crippen MR) is 86.6 cm³/mol. The molecular weight excluding hydrogens is 278 g/mol. The fourth-order valence-corrected chi connectivity index (χ4v) is 2.60. The lowest BCUT2D eigenvalue weighted by molar-refractivity contribution is -0.130. The molecule has 0 spiro atoms. The summed E-state index contributed by atoms with van der Waals surface area (Å²) in [5.41, 5.74) is 0.557. The van der Waals surface area contributed by atoms with Gasteiger partial charge in [0.05, 0.1) is 0 Å². The Morgan fingerprint density at radius 3 is 2.41 bits per heavy atom. The third-order valence-electron chi connectivity index (χ3n) is 3.99. The molecule has 5 heteroatoms. The lowest BCUT2D eigenvalue weighted by Crippen LogP contribution is -2.40. The number of rotatable bonds is 7. The molecule has 0 aliphatic carbocycles. The van der Waals surface area contributed by atoms with Gasteiger partial charge < -0.3 is 10.2 Å². The molecule has 0 unspecified atom stereocenters. The number of urea groups is 1. The lowest BCUT2D eigenvalue weighted by Gasteiger charge is -2.19. The van der Waals surface area contributed by atoms with Gasteiger partial charge in [0.15, 0.2) is 0 Å². The van der Waals surface area contributed by atoms with E-state index >= 15 is 0 Å². The molecule has 0 saturated carbocycles. The van der Waals surface area contributed by atoms with Crippen molar-refractivity contribution < 1.29 is 9.59 Å². The Bertz CT molecular complexity index is 528. The SMILES string of the molecule is CN(CCCN1C(=O)NC(C)(C)C1=O)CCc1ccccc1. The fraction of sp³-hybridized carbons (Fsp3) is 0.529. The van der Waals surface area contributed by atoms with Crippen LogP contribution in [0, 0.1) is 0 Å². The molecule has 1 N–H and O–H groups in total. The van der Waals surface area contributed by atoms with Gasteiger partial charge in [-0.15, -0.1) is 0 Å². The maximum absolute atomic E-state index is 12.1. The molecule has 0 bridgehead atoms. The first-order valence-corrected chi connectivity index (χ1v) is 7.77. The summed E-state index contributed by atoms with van der Waals surface area (Å²) in [7, 11) is 2.07. The molecule has 0 radical (unpaired) electrons. The summed E-state index contributed by atoms with van der Waals surface area (Å²) in [6.45, 7) is 5.78. The number of likely N-dealkylation sites (N-methyl/N-ethyl adjacent to an activating group) is 1. The largest absolute Gasteiger partial charge is 0.325 e. The number of imide groups is 1. The number of benzene rings is 1. The third kappa shape index (κ3) is 4.07. The number of nitrogens with zero attached hydrogens (tertiary/aromatic N) is 2. The minimum atomic E-state index is -0.768. The zero-order valence-corrected chi connectivity index (χ0v) is 13.6. The van der Waals surface area contributed by atoms with Crippen LogP contribution in [0.3, 0.4) is 0 Å². The molecule has 5 nitrogen and oxygen atoms in total. The van der Waals surface area contributed by atoms with Crippen LogP contribution in [-0.4, -0.2) is 54.0 Å². The van der Waals surface area contributed by atoms with Crippen molar-refractivity contribution in [2.75, 3.05) is 26.7 Å². The van der Waals surface area contributed by atoms with E-state index in [4.69, 9.17) is 0 Å². The molecule has 1 aliphatic rings. The van der Waals surface area contributed by atoms with Gasteiger partial charge in [0, 0.05) is 13.1 Å². The van der Waals surface area contributed by atoms with E-state index in [1.165, 1.54) is 10.5 Å². The molecule has 1 aromatic carbocycles. The highest BCUT2D eigenvalue weighted by Crippen LogP contribution is 2.16. The maximum atomic E-state index is 12.1. The second-order valence-electron chi connectivity index (χ2n) is 6.40. The molecule has 1 heterocycles. The number of carbonyl (C=O) groups excluding carboxylic acids is 2. The summed E-state index contributed by atoms with van der Waals surface area (Å²) >= 11 is 0. The zero-order chi connectivity index (χ0) is 16.2. The topological polar surface area (TPSA) is 52.6 Å². The Labute approximate surface area is 132 Å². The van der Waals surface area contributed by atoms with Crippen molar-refractivity contribution in [1.82, 2.24) is 15.1 Å². The van der Waals surface area contributed by atoms with Crippen LogP contribution in [0.2, 0.25) is 0 Å². The summed E-state index contributed by atoms with van der Waals surface area (Å²) in [5, 5.41) is 2.70. The number of hydrogen-bond acceptors (Lipinski definition) is 3. The normalized spacial score (nSPS) is 17.2. The van der Waals surface area contributed by atoms with Crippen LogP contribution in [0.15, 0.2) is 30.3 Å². The van der Waals surface area contributed by atoms with E-state index in [0.29, 0.717) is 6.54 Å². The van der Waals surface area contributed by atoms with E-state index in [1.807, 2.05) is 6.07 Å². The second kappa shape index (κ2) is 6.92. The van der Waals surface area contributed by atoms with Crippen molar-refractivity contribution in [2.24, 2.45) is 0 Å². The number of hydrogen-bond donors (Lipinski definition) is 1. The summed E-state index contributed by atoms with van der Waals surface area (Å²) in [4.78, 5) is 27.4. The highest BCUT2D eigenvalue weighted by molar-refractivity contribution is 6.06. The molecular formula is C17H25N3O2. The average molecular weight is 303 g/mol. The van der Waals surface area contributed by atoms with Crippen LogP contribution in [0.4, 0.5) is 4.79 Å². The van der Waals surface area contributed by atoms with Crippen LogP contribution in [-0.2, 0) is 11.2 Å². The van der Waals surface area contributed by atoms with Gasteiger partial charge in [-0.05, 0) is 45.8 Å². The first-order valence-electron chi connectivity index (χ1n) is 7.77. The van der Waals surface area contributed by atoms with Gasteiger partial charge in [-0.1, -0.05) is 30.3 Å². The van der Waals surface area contributed by atoms with Gasteiger partial charge in [0.2, 0.25) is 0 Å². The van der Waals surface area contributed by atoms with Crippen LogP contribution in [0.25, 0.3) is 0 Å². The van der Waals surface area contributed by atoms with E-state index < -0.39 is 5.54 Å². The fourth-order valence-electron chi connectivity index (χ4n) is 2.60. The first-order chi connectivity index (χ1) is 10.4. The molecule has 1 saturated heterocycles. The smallest absolute Gasteiger partial charge is 0.324 e. The van der Waals surface area contributed by atoms with Crippen LogP contribution in [0.1, 0.15) is 25.8 Å². The lowest BCUT2D eigenvalue weighted by atomic mass is 10.1. The van der Waals surface area contributed by atoms with E-state index in [9.17, 15) is 9.59 Å². The number of amides is 3. The molecule has 0 aromatic heterocycles. The van der Waals surface area contributed by atoms with Crippen molar-refractivity contribution in [1.29, 1.82) is 0 Å². The van der Waals surface area contributed by atoms with Gasteiger partial charge >= 0.3 is 6.03 Å². The van der Waals surface area contributed by atoms with E-state index in [2.05, 4.69) is 41.5 Å². The summed E-state index contributed by atoms with van der Waals surface area (Å²) in [6.07, 6.45) is 1.80. The Hall–Kier alpha value is -1.88. The summed E-state index contributed by atoms with van der Waals surface area (Å²) < 4.78 is 0. The number of carbonyl (C=O) groups is 2. The zero-order valence-electron chi connectivity index (χ0n) is 13.6. The molecule has 1 fully saturated rings. The van der Waals surface area contributed by atoms with Crippen LogP contribution < -0.4 is 5.32 Å². The van der Waals surface area contributed by atoms with E-state index in [0.717, 1.165) is 25.9 Å². The molecule has 3 amide bonds. The van der Waals surface area contributed by atoms with Gasteiger partial charge in [-0.25, -0.2) is 4.79 Å². The minimum Gasteiger partial charge on any atom is -0.324 e. The van der Waals surface area contributed by atoms with Gasteiger partial charge in [-0.3, -0.25) is 9.69 Å². The Morgan fingerprint density at radius 2 is 1.82 bits per heavy atom. The quantitative estimate of drug-likeness (QED) is 0.783. The highest BCUT2D eigenvalue weighted by atomic mass is 16.2. The van der Waals surface area contributed by atoms with Crippen molar-refractivity contribution in [2.45, 2.75) is 32.2 Å². The third-order valence-corrected chi connectivity index (χ3v) is 3.99. The van der Waals surface area contributed by atoms with Crippen molar-refractivity contribution in [3.05, 3.63) is 35.9 Å². The minimum absolute atomic E-state index is 0.135. The van der Waals surface area contributed by atoms with Gasteiger partial charge in [-0.2, -0.15) is 0 Å². The van der Waals surface area contributed by atoms with E-state index in [-0.39, 0.29) is 11.9 Å². The molecule has 22 heavy (non-hydrogen) atoms. The standard InChI is InChI=1S/C17H25N3O2/c1-17(2)15(21)20(16(22)18-17)12-7-11-19(3)13-10-14-8-5-4-6-9-14/h4-6,8-9H,7,10-13H2,1-3H3,(H,18,22). The van der Waals surface area contributed by atoms with Crippen molar-refractivity contribution in [3.8, 4) is 0 Å². The average Bonchev–Trinajstić information content (AvgIpc) is 2.68. The Morgan fingerprint density at radius 1 is 1.14 bits per heavy atom. The monoisotopic (exact) mass is 303 g/mol. The van der Waals surface area contributed by atoms with Gasteiger partial charge in [0.25, 0.3) is 5.91 Å². The Kier molecular flexibility index (Phi) is 5.19. The van der Waals surface area contributed by atoms with Crippen molar-refractivity contribution in [3.63, 3.8) is 0 Å². The van der Waals surface area contributed by atoms with E-state index in [1.54, 1.807) is 13.8 Å². The second-order valence-corrected chi connectivity index (χ2v) is 6.40. The summed E-state index contributed by atoms with van der Waals surface area (Å²) in [5.74, 6) is -0.135. The summed E-state index contributed by atoms with van der Waals surface area (Å²) in [6, 6.07) is 10.1. The van der Waals surface area contributed by atoms with Crippen LogP contribution >= 0.6 is 0 Å². The van der Waals surface area contributed by atoms with Crippen molar-refractivity contribution >= 4 is 11.9 Å². The molecule has 120 valence electrons. The Balaban J connectivity index is 1.70. The molecule has 2 rings (SSSR count). The molecule has 0 atom stereocenters. The molecule has 1 aliphatic heterocycles. The predicted octanol–water partition coefficient (Wildman–Crippen LogP) is 1.88. The first kappa shape index (κ1) is 16.5.